The normalized spacial score (nSPS) is 17.1. The zero-order chi connectivity index (χ0) is 21.0. The third-order valence-corrected chi connectivity index (χ3v) is 7.02. The van der Waals surface area contributed by atoms with Gasteiger partial charge in [-0.15, -0.1) is 0 Å². The number of rotatable bonds is 5. The molecule has 1 aromatic carbocycles. The first-order valence-corrected chi connectivity index (χ1v) is 11.1. The molecule has 2 unspecified atom stereocenters. The average Bonchev–Trinajstić information content (AvgIpc) is 2.70. The van der Waals surface area contributed by atoms with E-state index in [9.17, 15) is 10.1 Å². The number of hydrogen-bond acceptors (Lipinski definition) is 4. The van der Waals surface area contributed by atoms with Crippen LogP contribution in [0, 0.1) is 22.7 Å². The van der Waals surface area contributed by atoms with Gasteiger partial charge in [-0.25, -0.2) is 4.98 Å². The van der Waals surface area contributed by atoms with Gasteiger partial charge in [0.25, 0.3) is 0 Å². The van der Waals surface area contributed by atoms with Gasteiger partial charge in [-0.1, -0.05) is 57.7 Å². The maximum Gasteiger partial charge on any atom is 0.237 e. The molecule has 1 aromatic heterocycles. The van der Waals surface area contributed by atoms with Crippen LogP contribution in [0.2, 0.25) is 0 Å². The summed E-state index contributed by atoms with van der Waals surface area (Å²) in [5, 5.41) is 13.0. The monoisotopic (exact) mass is 407 g/mol. The van der Waals surface area contributed by atoms with Crippen molar-refractivity contribution in [3.8, 4) is 6.07 Å². The molecule has 1 heterocycles. The zero-order valence-corrected chi connectivity index (χ0v) is 18.5. The van der Waals surface area contributed by atoms with Crippen molar-refractivity contribution >= 4 is 23.4 Å². The summed E-state index contributed by atoms with van der Waals surface area (Å²) in [5.41, 5.74) is 3.89. The van der Waals surface area contributed by atoms with Crippen molar-refractivity contribution < 1.29 is 4.79 Å². The fourth-order valence-corrected chi connectivity index (χ4v) is 4.75. The van der Waals surface area contributed by atoms with Gasteiger partial charge in [0.1, 0.15) is 11.1 Å². The highest BCUT2D eigenvalue weighted by molar-refractivity contribution is 8.00. The molecule has 152 valence electrons. The number of para-hydroxylation sites is 1. The van der Waals surface area contributed by atoms with Crippen LogP contribution in [0.4, 0.5) is 5.69 Å². The fourth-order valence-electron chi connectivity index (χ4n) is 3.76. The quantitative estimate of drug-likeness (QED) is 0.654. The van der Waals surface area contributed by atoms with Crippen molar-refractivity contribution in [1.29, 1.82) is 5.26 Å². The Labute approximate surface area is 178 Å². The summed E-state index contributed by atoms with van der Waals surface area (Å²) < 4.78 is 0. The minimum Gasteiger partial charge on any atom is -0.325 e. The molecule has 3 rings (SSSR count). The number of nitrogens with one attached hydrogen (secondary N) is 1. The average molecular weight is 408 g/mol. The van der Waals surface area contributed by atoms with Crippen LogP contribution < -0.4 is 5.32 Å². The van der Waals surface area contributed by atoms with E-state index in [2.05, 4.69) is 32.2 Å². The summed E-state index contributed by atoms with van der Waals surface area (Å²) in [6.45, 7) is 8.83. The highest BCUT2D eigenvalue weighted by atomic mass is 32.2. The summed E-state index contributed by atoms with van der Waals surface area (Å²) in [5.74, 6) is 0.543. The molecule has 0 fully saturated rings. The van der Waals surface area contributed by atoms with Crippen molar-refractivity contribution in [3.05, 3.63) is 53.2 Å². The molecule has 0 spiro atoms. The summed E-state index contributed by atoms with van der Waals surface area (Å²) in [6.07, 6.45) is 3.69. The van der Waals surface area contributed by atoms with Crippen LogP contribution in [0.3, 0.4) is 0 Å². The molecule has 0 aliphatic heterocycles. The topological polar surface area (TPSA) is 65.8 Å². The van der Waals surface area contributed by atoms with E-state index in [1.165, 1.54) is 17.3 Å². The minimum absolute atomic E-state index is 0.0556. The van der Waals surface area contributed by atoms with Crippen molar-refractivity contribution in [2.75, 3.05) is 5.32 Å². The van der Waals surface area contributed by atoms with Crippen LogP contribution in [0.5, 0.6) is 0 Å². The molecule has 0 radical (unpaired) electrons. The molecule has 2 atom stereocenters. The number of nitriles is 1. The molecule has 2 aromatic rings. The molecule has 1 N–H and O–H groups in total. The van der Waals surface area contributed by atoms with Gasteiger partial charge in [0.15, 0.2) is 0 Å². The van der Waals surface area contributed by atoms with E-state index in [1.54, 1.807) is 0 Å². The summed E-state index contributed by atoms with van der Waals surface area (Å²) in [4.78, 5) is 17.6. The third-order valence-electron chi connectivity index (χ3n) is 5.66. The molecule has 0 saturated heterocycles. The van der Waals surface area contributed by atoms with Crippen molar-refractivity contribution in [3.63, 3.8) is 0 Å². The second kappa shape index (κ2) is 9.00. The molecule has 1 aliphatic carbocycles. The van der Waals surface area contributed by atoms with E-state index >= 15 is 0 Å². The van der Waals surface area contributed by atoms with Crippen molar-refractivity contribution in [1.82, 2.24) is 4.98 Å². The number of benzene rings is 1. The van der Waals surface area contributed by atoms with E-state index in [0.717, 1.165) is 30.6 Å². The predicted octanol–water partition coefficient (Wildman–Crippen LogP) is 5.61. The largest absolute Gasteiger partial charge is 0.325 e. The first-order valence-electron chi connectivity index (χ1n) is 10.3. The second-order valence-corrected chi connectivity index (χ2v) is 9.93. The smallest absolute Gasteiger partial charge is 0.237 e. The molecule has 0 saturated carbocycles. The molecule has 1 aliphatic rings. The highest BCUT2D eigenvalue weighted by Crippen LogP contribution is 2.38. The number of aromatic nitrogens is 1. The zero-order valence-electron chi connectivity index (χ0n) is 17.7. The lowest BCUT2D eigenvalue weighted by atomic mass is 9.71. The fraction of sp³-hybridized carbons (Fsp3) is 0.458. The summed E-state index contributed by atoms with van der Waals surface area (Å²) in [7, 11) is 0. The van der Waals surface area contributed by atoms with Crippen LogP contribution in [0.25, 0.3) is 0 Å². The van der Waals surface area contributed by atoms with Crippen LogP contribution in [0.15, 0.2) is 41.4 Å². The number of aryl methyl sites for hydroxylation is 1. The van der Waals surface area contributed by atoms with Crippen LogP contribution in [-0.4, -0.2) is 16.1 Å². The maximum absolute atomic E-state index is 12.7. The molecular formula is C24H29N3OS. The van der Waals surface area contributed by atoms with Gasteiger partial charge in [-0.05, 0) is 60.8 Å². The number of hydrogen-bond donors (Lipinski definition) is 1. The highest BCUT2D eigenvalue weighted by Gasteiger charge is 2.30. The van der Waals surface area contributed by atoms with Gasteiger partial charge in [0, 0.05) is 11.4 Å². The van der Waals surface area contributed by atoms with E-state index < -0.39 is 0 Å². The van der Waals surface area contributed by atoms with Gasteiger partial charge in [-0.2, -0.15) is 5.26 Å². The van der Waals surface area contributed by atoms with Crippen LogP contribution in [0.1, 0.15) is 57.4 Å². The summed E-state index contributed by atoms with van der Waals surface area (Å²) >= 11 is 1.40. The van der Waals surface area contributed by atoms with Crippen molar-refractivity contribution in [2.45, 2.75) is 63.7 Å². The number of pyridine rings is 1. The Kier molecular flexibility index (Phi) is 6.64. The number of amides is 1. The Morgan fingerprint density at radius 1 is 1.34 bits per heavy atom. The van der Waals surface area contributed by atoms with Gasteiger partial charge in [0.2, 0.25) is 5.91 Å². The SMILES string of the molecule is CCC(Sc1nc2c(cc1C#N)CC(C(C)(C)C)CC2)C(=O)Nc1ccccc1. The Morgan fingerprint density at radius 3 is 2.69 bits per heavy atom. The second-order valence-electron chi connectivity index (χ2n) is 8.73. The first-order chi connectivity index (χ1) is 13.8. The third kappa shape index (κ3) is 5.19. The number of anilines is 1. The number of thioether (sulfide) groups is 1. The summed E-state index contributed by atoms with van der Waals surface area (Å²) in [6, 6.07) is 13.8. The minimum atomic E-state index is -0.293. The Bertz CT molecular complexity index is 912. The molecular weight excluding hydrogens is 378 g/mol. The van der Waals surface area contributed by atoms with Gasteiger partial charge in [0.05, 0.1) is 10.8 Å². The first kappa shape index (κ1) is 21.4. The number of fused-ring (bicyclic) bond motifs is 1. The lowest BCUT2D eigenvalue weighted by Gasteiger charge is -2.34. The lowest BCUT2D eigenvalue weighted by molar-refractivity contribution is -0.115. The van der Waals surface area contributed by atoms with E-state index in [0.29, 0.717) is 22.9 Å². The maximum atomic E-state index is 12.7. The van der Waals surface area contributed by atoms with E-state index in [4.69, 9.17) is 4.98 Å². The van der Waals surface area contributed by atoms with Crippen LogP contribution in [-0.2, 0) is 17.6 Å². The lowest BCUT2D eigenvalue weighted by Crippen LogP contribution is -2.28. The van der Waals surface area contributed by atoms with E-state index in [1.807, 2.05) is 43.3 Å². The Balaban J connectivity index is 1.80. The standard InChI is InChI=1S/C24H29N3OS/c1-5-21(22(28)26-19-9-7-6-8-10-19)29-23-17(15-25)13-16-14-18(24(2,3)4)11-12-20(16)27-23/h6-10,13,18,21H,5,11-12,14H2,1-4H3,(H,26,28). The van der Waals surface area contributed by atoms with Gasteiger partial charge in [-0.3, -0.25) is 4.79 Å². The van der Waals surface area contributed by atoms with Crippen LogP contribution >= 0.6 is 11.8 Å². The molecule has 29 heavy (non-hydrogen) atoms. The molecule has 1 amide bonds. The Hall–Kier alpha value is -2.32. The number of carbonyl (C=O) groups is 1. The Morgan fingerprint density at radius 2 is 2.07 bits per heavy atom. The molecule has 4 nitrogen and oxygen atoms in total. The van der Waals surface area contributed by atoms with Crippen molar-refractivity contribution in [2.24, 2.45) is 11.3 Å². The van der Waals surface area contributed by atoms with E-state index in [-0.39, 0.29) is 16.6 Å². The van der Waals surface area contributed by atoms with Gasteiger partial charge < -0.3 is 5.32 Å². The molecule has 5 heteroatoms. The number of carbonyl (C=O) groups excluding carboxylic acids is 1. The molecule has 0 bridgehead atoms. The predicted molar refractivity (Wildman–Crippen MR) is 119 cm³/mol. The number of nitrogens with zero attached hydrogens (tertiary/aromatic N) is 2. The van der Waals surface area contributed by atoms with Gasteiger partial charge >= 0.3 is 0 Å².